The summed E-state index contributed by atoms with van der Waals surface area (Å²) >= 11 is 0. The monoisotopic (exact) mass is 394 g/mol. The van der Waals surface area contributed by atoms with E-state index in [1.807, 2.05) is 13.1 Å². The van der Waals surface area contributed by atoms with Crippen LogP contribution in [0.1, 0.15) is 47.7 Å². The Bertz CT molecular complexity index is 872. The van der Waals surface area contributed by atoms with E-state index in [9.17, 15) is 9.59 Å². The minimum atomic E-state index is -0.0230. The fourth-order valence-electron chi connectivity index (χ4n) is 3.87. The summed E-state index contributed by atoms with van der Waals surface area (Å²) in [7, 11) is 3.41. The largest absolute Gasteiger partial charge is 0.496 e. The van der Waals surface area contributed by atoms with Crippen LogP contribution in [0.4, 0.5) is 5.69 Å². The Labute approximate surface area is 173 Å². The maximum absolute atomic E-state index is 12.9. The molecule has 5 heteroatoms. The third-order valence-corrected chi connectivity index (χ3v) is 5.55. The van der Waals surface area contributed by atoms with Crippen molar-refractivity contribution in [3.05, 3.63) is 59.2 Å². The Balaban J connectivity index is 1.74. The molecule has 0 bridgehead atoms. The second-order valence-corrected chi connectivity index (χ2v) is 7.69. The number of carbonyl (C=O) groups is 2. The van der Waals surface area contributed by atoms with Gasteiger partial charge in [0.15, 0.2) is 5.78 Å². The number of para-hydroxylation sites is 1. The number of piperidine rings is 1. The average Bonchev–Trinajstić information content (AvgIpc) is 2.74. The first-order valence-corrected chi connectivity index (χ1v) is 10.2. The van der Waals surface area contributed by atoms with Gasteiger partial charge in [0.05, 0.1) is 13.5 Å². The number of methoxy groups -OCH3 is 1. The van der Waals surface area contributed by atoms with Crippen molar-refractivity contribution in [1.82, 2.24) is 4.90 Å². The summed E-state index contributed by atoms with van der Waals surface area (Å²) in [4.78, 5) is 28.8. The summed E-state index contributed by atoms with van der Waals surface area (Å²) in [5.41, 5.74) is 3.71. The summed E-state index contributed by atoms with van der Waals surface area (Å²) < 4.78 is 5.39. The first-order chi connectivity index (χ1) is 14.0. The van der Waals surface area contributed by atoms with Crippen LogP contribution in [0.2, 0.25) is 0 Å². The van der Waals surface area contributed by atoms with Crippen molar-refractivity contribution in [2.45, 2.75) is 39.2 Å². The number of Topliss-reactive ketones (excluding diaryl/α,β-unsaturated/α-hetero) is 1. The molecule has 1 saturated heterocycles. The van der Waals surface area contributed by atoms with Gasteiger partial charge in [-0.05, 0) is 56.0 Å². The molecular formula is C24H30N2O3. The Morgan fingerprint density at radius 2 is 1.76 bits per heavy atom. The molecule has 0 N–H and O–H groups in total. The van der Waals surface area contributed by atoms with Crippen molar-refractivity contribution in [2.24, 2.45) is 0 Å². The summed E-state index contributed by atoms with van der Waals surface area (Å²) in [6.45, 7) is 4.23. The highest BCUT2D eigenvalue weighted by atomic mass is 16.5. The molecule has 5 nitrogen and oxygen atoms in total. The maximum Gasteiger partial charge on any atom is 0.227 e. The summed E-state index contributed by atoms with van der Waals surface area (Å²) in [6.07, 6.45) is 3.93. The standard InChI is InChI=1S/C24H30N2O3/c1-18(27)19-11-12-23(29-3)21(15-19)16-24(28)25(2)17-20-9-5-6-10-22(20)26-13-7-4-8-14-26/h5-6,9-12,15H,4,7-8,13-14,16-17H2,1-3H3. The molecule has 0 spiro atoms. The van der Waals surface area contributed by atoms with E-state index in [0.29, 0.717) is 17.9 Å². The van der Waals surface area contributed by atoms with Gasteiger partial charge in [0, 0.05) is 43.5 Å². The van der Waals surface area contributed by atoms with Crippen LogP contribution >= 0.6 is 0 Å². The van der Waals surface area contributed by atoms with Crippen LogP contribution in [-0.4, -0.2) is 43.8 Å². The molecule has 154 valence electrons. The zero-order valence-corrected chi connectivity index (χ0v) is 17.6. The number of anilines is 1. The summed E-state index contributed by atoms with van der Waals surface area (Å²) in [6, 6.07) is 13.6. The van der Waals surface area contributed by atoms with Crippen LogP contribution in [0.15, 0.2) is 42.5 Å². The highest BCUT2D eigenvalue weighted by Gasteiger charge is 2.18. The molecule has 2 aromatic rings. The number of carbonyl (C=O) groups excluding carboxylic acids is 2. The SMILES string of the molecule is COc1ccc(C(C)=O)cc1CC(=O)N(C)Cc1ccccc1N1CCCCC1. The molecule has 0 radical (unpaired) electrons. The number of benzene rings is 2. The number of ether oxygens (including phenoxy) is 1. The number of hydrogen-bond acceptors (Lipinski definition) is 4. The van der Waals surface area contributed by atoms with Crippen LogP contribution in [-0.2, 0) is 17.8 Å². The van der Waals surface area contributed by atoms with E-state index in [1.165, 1.54) is 31.9 Å². The van der Waals surface area contributed by atoms with Crippen molar-refractivity contribution >= 4 is 17.4 Å². The molecule has 2 aromatic carbocycles. The van der Waals surface area contributed by atoms with Crippen molar-refractivity contribution in [2.75, 3.05) is 32.1 Å². The first kappa shape index (κ1) is 20.9. The fourth-order valence-corrected chi connectivity index (χ4v) is 3.87. The van der Waals surface area contributed by atoms with Gasteiger partial charge in [-0.2, -0.15) is 0 Å². The first-order valence-electron chi connectivity index (χ1n) is 10.2. The molecule has 1 aliphatic rings. The van der Waals surface area contributed by atoms with Crippen LogP contribution in [0.3, 0.4) is 0 Å². The zero-order valence-electron chi connectivity index (χ0n) is 17.6. The van der Waals surface area contributed by atoms with E-state index >= 15 is 0 Å². The van der Waals surface area contributed by atoms with Crippen molar-refractivity contribution in [1.29, 1.82) is 0 Å². The predicted molar refractivity (Wildman–Crippen MR) is 116 cm³/mol. The van der Waals surface area contributed by atoms with Crippen molar-refractivity contribution in [3.63, 3.8) is 0 Å². The molecule has 1 heterocycles. The third-order valence-electron chi connectivity index (χ3n) is 5.55. The molecule has 1 fully saturated rings. The van der Waals surface area contributed by atoms with Gasteiger partial charge < -0.3 is 14.5 Å². The number of rotatable bonds is 7. The van der Waals surface area contributed by atoms with E-state index in [-0.39, 0.29) is 18.1 Å². The van der Waals surface area contributed by atoms with Gasteiger partial charge in [-0.15, -0.1) is 0 Å². The maximum atomic E-state index is 12.9. The van der Waals surface area contributed by atoms with Gasteiger partial charge in [0.25, 0.3) is 0 Å². The topological polar surface area (TPSA) is 49.9 Å². The Morgan fingerprint density at radius 3 is 2.45 bits per heavy atom. The Kier molecular flexibility index (Phi) is 6.91. The van der Waals surface area contributed by atoms with Gasteiger partial charge >= 0.3 is 0 Å². The molecule has 0 unspecified atom stereocenters. The predicted octanol–water partition coefficient (Wildman–Crippen LogP) is 4.09. The average molecular weight is 395 g/mol. The second-order valence-electron chi connectivity index (χ2n) is 7.69. The molecule has 0 aliphatic carbocycles. The number of likely N-dealkylation sites (N-methyl/N-ethyl adjacent to an activating group) is 1. The molecular weight excluding hydrogens is 364 g/mol. The lowest BCUT2D eigenvalue weighted by Crippen LogP contribution is -2.32. The third kappa shape index (κ3) is 5.17. The lowest BCUT2D eigenvalue weighted by atomic mass is 10.0. The van der Waals surface area contributed by atoms with Gasteiger partial charge in [-0.25, -0.2) is 0 Å². The molecule has 3 rings (SSSR count). The van der Waals surface area contributed by atoms with Gasteiger partial charge in [0.2, 0.25) is 5.91 Å². The molecule has 29 heavy (non-hydrogen) atoms. The number of hydrogen-bond donors (Lipinski definition) is 0. The van der Waals surface area contributed by atoms with Crippen molar-refractivity contribution in [3.8, 4) is 5.75 Å². The number of ketones is 1. The Morgan fingerprint density at radius 1 is 1.03 bits per heavy atom. The molecule has 1 aliphatic heterocycles. The fraction of sp³-hybridized carbons (Fsp3) is 0.417. The van der Waals surface area contributed by atoms with Crippen LogP contribution in [0.25, 0.3) is 0 Å². The van der Waals surface area contributed by atoms with E-state index in [2.05, 4.69) is 23.1 Å². The van der Waals surface area contributed by atoms with E-state index in [0.717, 1.165) is 24.2 Å². The summed E-state index contributed by atoms with van der Waals surface area (Å²) in [5.74, 6) is 0.605. The van der Waals surface area contributed by atoms with Gasteiger partial charge in [-0.3, -0.25) is 9.59 Å². The highest BCUT2D eigenvalue weighted by Crippen LogP contribution is 2.26. The zero-order chi connectivity index (χ0) is 20.8. The normalized spacial score (nSPS) is 13.8. The Hall–Kier alpha value is -2.82. The van der Waals surface area contributed by atoms with Crippen molar-refractivity contribution < 1.29 is 14.3 Å². The second kappa shape index (κ2) is 9.59. The molecule has 0 saturated carbocycles. The molecule has 1 amide bonds. The van der Waals surface area contributed by atoms with Gasteiger partial charge in [0.1, 0.15) is 5.75 Å². The van der Waals surface area contributed by atoms with E-state index in [4.69, 9.17) is 4.74 Å². The number of nitrogens with zero attached hydrogens (tertiary/aromatic N) is 2. The van der Waals surface area contributed by atoms with E-state index in [1.54, 1.807) is 30.2 Å². The molecule has 0 atom stereocenters. The highest BCUT2D eigenvalue weighted by molar-refractivity contribution is 5.94. The van der Waals surface area contributed by atoms with Crippen LogP contribution in [0.5, 0.6) is 5.75 Å². The van der Waals surface area contributed by atoms with Gasteiger partial charge in [-0.1, -0.05) is 18.2 Å². The number of amides is 1. The van der Waals surface area contributed by atoms with Crippen LogP contribution < -0.4 is 9.64 Å². The lowest BCUT2D eigenvalue weighted by molar-refractivity contribution is -0.129. The molecule has 0 aromatic heterocycles. The smallest absolute Gasteiger partial charge is 0.227 e. The lowest BCUT2D eigenvalue weighted by Gasteiger charge is -2.31. The quantitative estimate of drug-likeness (QED) is 0.664. The minimum absolute atomic E-state index is 0.00236. The van der Waals surface area contributed by atoms with E-state index < -0.39 is 0 Å². The van der Waals surface area contributed by atoms with Crippen LogP contribution in [0, 0.1) is 0 Å². The summed E-state index contributed by atoms with van der Waals surface area (Å²) in [5, 5.41) is 0. The minimum Gasteiger partial charge on any atom is -0.496 e.